The molecule has 5 nitrogen and oxygen atoms in total. The van der Waals surface area contributed by atoms with Gasteiger partial charge in [0.15, 0.2) is 0 Å². The summed E-state index contributed by atoms with van der Waals surface area (Å²) in [7, 11) is 0. The van der Waals surface area contributed by atoms with Gasteiger partial charge < -0.3 is 4.98 Å². The third kappa shape index (κ3) is 3.48. The SMILES string of the molecule is CC(C)c1nc(CN2CCc3nc(-c4ccccc4)[nH]c(=O)c3C2)cs1. The molecule has 3 aromatic rings. The van der Waals surface area contributed by atoms with Gasteiger partial charge in [0, 0.05) is 42.9 Å². The number of hydrogen-bond donors (Lipinski definition) is 1. The fourth-order valence-electron chi connectivity index (χ4n) is 3.24. The number of nitrogens with one attached hydrogen (secondary N) is 1. The second-order valence-corrected chi connectivity index (χ2v) is 7.89. The lowest BCUT2D eigenvalue weighted by Gasteiger charge is -2.27. The number of H-pyrrole nitrogens is 1. The molecule has 0 radical (unpaired) electrons. The van der Waals surface area contributed by atoms with Crippen molar-refractivity contribution >= 4 is 11.3 Å². The van der Waals surface area contributed by atoms with Gasteiger partial charge in [0.2, 0.25) is 0 Å². The first-order valence-electron chi connectivity index (χ1n) is 8.94. The topological polar surface area (TPSA) is 61.9 Å². The average molecular weight is 366 g/mol. The standard InChI is InChI=1S/C20H22N4OS/c1-13(2)20-21-15(12-26-20)10-24-9-8-17-16(11-24)19(25)23-18(22-17)14-6-4-3-5-7-14/h3-7,12-13H,8-11H2,1-2H3,(H,22,23,25). The van der Waals surface area contributed by atoms with Crippen LogP contribution >= 0.6 is 11.3 Å². The maximum absolute atomic E-state index is 12.6. The molecule has 1 N–H and O–H groups in total. The number of thiazole rings is 1. The van der Waals surface area contributed by atoms with Gasteiger partial charge in [-0.1, -0.05) is 44.2 Å². The molecule has 4 rings (SSSR count). The number of aromatic amines is 1. The van der Waals surface area contributed by atoms with E-state index in [0.717, 1.165) is 42.0 Å². The van der Waals surface area contributed by atoms with Crippen molar-refractivity contribution in [3.8, 4) is 11.4 Å². The van der Waals surface area contributed by atoms with Crippen molar-refractivity contribution < 1.29 is 0 Å². The van der Waals surface area contributed by atoms with Crippen LogP contribution in [-0.2, 0) is 19.5 Å². The van der Waals surface area contributed by atoms with E-state index in [-0.39, 0.29) is 5.56 Å². The van der Waals surface area contributed by atoms with E-state index in [9.17, 15) is 4.79 Å². The van der Waals surface area contributed by atoms with Gasteiger partial charge in [0.1, 0.15) is 5.82 Å². The molecule has 0 saturated carbocycles. The van der Waals surface area contributed by atoms with Crippen molar-refractivity contribution in [2.45, 2.75) is 39.3 Å². The lowest BCUT2D eigenvalue weighted by Crippen LogP contribution is -2.35. The van der Waals surface area contributed by atoms with Crippen molar-refractivity contribution in [1.29, 1.82) is 0 Å². The lowest BCUT2D eigenvalue weighted by molar-refractivity contribution is 0.239. The minimum atomic E-state index is -0.0281. The predicted molar refractivity (Wildman–Crippen MR) is 104 cm³/mol. The summed E-state index contributed by atoms with van der Waals surface area (Å²) in [5.74, 6) is 1.11. The van der Waals surface area contributed by atoms with Gasteiger partial charge in [0.05, 0.1) is 22.0 Å². The molecular formula is C20H22N4OS. The third-order valence-electron chi connectivity index (χ3n) is 4.64. The Hall–Kier alpha value is -2.31. The summed E-state index contributed by atoms with van der Waals surface area (Å²) in [5.41, 5.74) is 3.71. The Labute approximate surface area is 156 Å². The average Bonchev–Trinajstić information content (AvgIpc) is 3.12. The van der Waals surface area contributed by atoms with Crippen LogP contribution in [0.2, 0.25) is 0 Å². The van der Waals surface area contributed by atoms with E-state index in [2.05, 4.69) is 29.1 Å². The number of benzene rings is 1. The first-order valence-corrected chi connectivity index (χ1v) is 9.82. The quantitative estimate of drug-likeness (QED) is 0.767. The van der Waals surface area contributed by atoms with Crippen LogP contribution in [0.15, 0.2) is 40.5 Å². The van der Waals surface area contributed by atoms with Gasteiger partial charge in [-0.3, -0.25) is 9.69 Å². The minimum Gasteiger partial charge on any atom is -0.306 e. The van der Waals surface area contributed by atoms with Crippen LogP contribution < -0.4 is 5.56 Å². The Bertz CT molecular complexity index is 961. The van der Waals surface area contributed by atoms with Crippen molar-refractivity contribution in [2.24, 2.45) is 0 Å². The molecule has 1 aliphatic rings. The van der Waals surface area contributed by atoms with Gasteiger partial charge in [-0.2, -0.15) is 0 Å². The molecule has 0 saturated heterocycles. The van der Waals surface area contributed by atoms with Crippen molar-refractivity contribution in [2.75, 3.05) is 6.54 Å². The van der Waals surface area contributed by atoms with Crippen LogP contribution in [0, 0.1) is 0 Å². The highest BCUT2D eigenvalue weighted by atomic mass is 32.1. The van der Waals surface area contributed by atoms with Crippen LogP contribution in [0.5, 0.6) is 0 Å². The molecule has 3 heterocycles. The lowest BCUT2D eigenvalue weighted by atomic mass is 10.1. The zero-order valence-corrected chi connectivity index (χ0v) is 15.8. The van der Waals surface area contributed by atoms with E-state index in [1.807, 2.05) is 30.3 Å². The predicted octanol–water partition coefficient (Wildman–Crippen LogP) is 3.58. The molecular weight excluding hydrogens is 344 g/mol. The number of fused-ring (bicyclic) bond motifs is 1. The summed E-state index contributed by atoms with van der Waals surface area (Å²) >= 11 is 1.72. The minimum absolute atomic E-state index is 0.0281. The summed E-state index contributed by atoms with van der Waals surface area (Å²) in [6.45, 7) is 6.63. The fourth-order valence-corrected chi connectivity index (χ4v) is 4.06. The normalized spacial score (nSPS) is 14.6. The van der Waals surface area contributed by atoms with Gasteiger partial charge in [-0.25, -0.2) is 9.97 Å². The molecule has 0 unspecified atom stereocenters. The summed E-state index contributed by atoms with van der Waals surface area (Å²) in [6, 6.07) is 9.80. The third-order valence-corrected chi connectivity index (χ3v) is 5.84. The maximum atomic E-state index is 12.6. The zero-order chi connectivity index (χ0) is 18.1. The van der Waals surface area contributed by atoms with E-state index in [4.69, 9.17) is 9.97 Å². The van der Waals surface area contributed by atoms with Crippen molar-refractivity contribution in [1.82, 2.24) is 19.9 Å². The number of nitrogens with zero attached hydrogens (tertiary/aromatic N) is 3. The maximum Gasteiger partial charge on any atom is 0.255 e. The summed E-state index contributed by atoms with van der Waals surface area (Å²) in [4.78, 5) is 27.3. The Morgan fingerprint density at radius 3 is 2.77 bits per heavy atom. The Morgan fingerprint density at radius 1 is 1.23 bits per heavy atom. The van der Waals surface area contributed by atoms with Crippen molar-refractivity contribution in [3.63, 3.8) is 0 Å². The highest BCUT2D eigenvalue weighted by Gasteiger charge is 2.22. The molecule has 0 fully saturated rings. The zero-order valence-electron chi connectivity index (χ0n) is 15.0. The molecule has 0 aliphatic carbocycles. The molecule has 1 aromatic carbocycles. The van der Waals surface area contributed by atoms with Gasteiger partial charge in [-0.15, -0.1) is 11.3 Å². The molecule has 26 heavy (non-hydrogen) atoms. The smallest absolute Gasteiger partial charge is 0.255 e. The van der Waals surface area contributed by atoms with Crippen molar-refractivity contribution in [3.05, 3.63) is 68.0 Å². The molecule has 0 bridgehead atoms. The van der Waals surface area contributed by atoms with Crippen LogP contribution in [-0.4, -0.2) is 26.4 Å². The van der Waals surface area contributed by atoms with Gasteiger partial charge in [0.25, 0.3) is 5.56 Å². The van der Waals surface area contributed by atoms with Crippen LogP contribution in [0.25, 0.3) is 11.4 Å². The van der Waals surface area contributed by atoms with Crippen LogP contribution in [0.1, 0.15) is 41.7 Å². The molecule has 0 atom stereocenters. The van der Waals surface area contributed by atoms with E-state index >= 15 is 0 Å². The molecule has 0 amide bonds. The summed E-state index contributed by atoms with van der Waals surface area (Å²) in [6.07, 6.45) is 0.792. The molecule has 6 heteroatoms. The number of hydrogen-bond acceptors (Lipinski definition) is 5. The Morgan fingerprint density at radius 2 is 2.04 bits per heavy atom. The Balaban J connectivity index is 1.54. The number of rotatable bonds is 4. The van der Waals surface area contributed by atoms with Gasteiger partial charge in [-0.05, 0) is 0 Å². The Kier molecular flexibility index (Phi) is 4.70. The number of aromatic nitrogens is 3. The molecule has 134 valence electrons. The highest BCUT2D eigenvalue weighted by Crippen LogP contribution is 2.23. The van der Waals surface area contributed by atoms with E-state index < -0.39 is 0 Å². The summed E-state index contributed by atoms with van der Waals surface area (Å²) < 4.78 is 0. The second kappa shape index (κ2) is 7.13. The van der Waals surface area contributed by atoms with E-state index in [1.165, 1.54) is 5.01 Å². The van der Waals surface area contributed by atoms with Crippen LogP contribution in [0.4, 0.5) is 0 Å². The largest absolute Gasteiger partial charge is 0.306 e. The first kappa shape index (κ1) is 17.1. The highest BCUT2D eigenvalue weighted by molar-refractivity contribution is 7.09. The first-order chi connectivity index (χ1) is 12.6. The second-order valence-electron chi connectivity index (χ2n) is 7.00. The molecule has 2 aromatic heterocycles. The monoisotopic (exact) mass is 366 g/mol. The van der Waals surface area contributed by atoms with Gasteiger partial charge >= 0.3 is 0 Å². The fraction of sp³-hybridized carbons (Fsp3) is 0.350. The van der Waals surface area contributed by atoms with E-state index in [0.29, 0.717) is 18.3 Å². The molecule has 1 aliphatic heterocycles. The van der Waals surface area contributed by atoms with E-state index in [1.54, 1.807) is 11.3 Å². The van der Waals surface area contributed by atoms with Crippen LogP contribution in [0.3, 0.4) is 0 Å². The summed E-state index contributed by atoms with van der Waals surface area (Å²) in [5, 5.41) is 3.30. The molecule has 0 spiro atoms.